The van der Waals surface area contributed by atoms with Gasteiger partial charge in [0.25, 0.3) is 7.82 Å². The first-order chi connectivity index (χ1) is 22.4. The van der Waals surface area contributed by atoms with E-state index in [0.717, 1.165) is 57.8 Å². The maximum Gasteiger partial charge on any atom is 0.268 e. The lowest BCUT2D eigenvalue weighted by molar-refractivity contribution is -0.870. The molecule has 47 heavy (non-hydrogen) atoms. The molecule has 0 bridgehead atoms. The van der Waals surface area contributed by atoms with Crippen LogP contribution in [0.5, 0.6) is 0 Å². The van der Waals surface area contributed by atoms with Gasteiger partial charge in [-0.25, -0.2) is 0 Å². The first-order valence-electron chi connectivity index (χ1n) is 19.1. The maximum atomic E-state index is 12.8. The number of likely N-dealkylation sites (N-methyl/N-ethyl adjacent to an activating group) is 1. The third-order valence-electron chi connectivity index (χ3n) is 8.60. The van der Waals surface area contributed by atoms with Gasteiger partial charge in [-0.2, -0.15) is 0 Å². The first kappa shape index (κ1) is 46.2. The molecular weight excluding hydrogens is 615 g/mol. The fourth-order valence-electron chi connectivity index (χ4n) is 5.41. The Kier molecular flexibility index (Phi) is 29.5. The molecule has 0 aromatic carbocycles. The van der Waals surface area contributed by atoms with Gasteiger partial charge in [-0.05, 0) is 32.1 Å². The molecule has 0 heterocycles. The van der Waals surface area contributed by atoms with Gasteiger partial charge in [-0.3, -0.25) is 9.36 Å². The number of amides is 1. The molecule has 0 aromatic rings. The van der Waals surface area contributed by atoms with E-state index in [1.54, 1.807) is 0 Å². The van der Waals surface area contributed by atoms with Gasteiger partial charge in [-0.1, -0.05) is 135 Å². The highest BCUT2D eigenvalue weighted by atomic mass is 31.2. The zero-order valence-electron chi connectivity index (χ0n) is 31.1. The summed E-state index contributed by atoms with van der Waals surface area (Å²) in [5.74, 6) is -0.291. The lowest BCUT2D eigenvalue weighted by Gasteiger charge is -2.31. The Bertz CT molecular complexity index is 806. The maximum absolute atomic E-state index is 12.8. The molecule has 0 saturated carbocycles. The van der Waals surface area contributed by atoms with Crippen molar-refractivity contribution >= 4 is 13.7 Å². The third kappa shape index (κ3) is 31.0. The molecule has 9 nitrogen and oxygen atoms in total. The average molecular weight is 691 g/mol. The van der Waals surface area contributed by atoms with E-state index in [-0.39, 0.29) is 18.9 Å². The average Bonchev–Trinajstić information content (AvgIpc) is 3.01. The van der Waals surface area contributed by atoms with Gasteiger partial charge in [0.1, 0.15) is 19.3 Å². The molecule has 0 saturated heterocycles. The van der Waals surface area contributed by atoms with Gasteiger partial charge >= 0.3 is 0 Å². The van der Waals surface area contributed by atoms with Crippen LogP contribution in [0.2, 0.25) is 0 Å². The van der Waals surface area contributed by atoms with E-state index in [2.05, 4.69) is 31.3 Å². The number of rotatable bonds is 34. The predicted octanol–water partition coefficient (Wildman–Crippen LogP) is 7.97. The van der Waals surface area contributed by atoms with Gasteiger partial charge in [-0.15, -0.1) is 0 Å². The number of carbonyl (C=O) groups is 1. The fourth-order valence-corrected chi connectivity index (χ4v) is 6.13. The van der Waals surface area contributed by atoms with E-state index in [1.165, 1.54) is 70.6 Å². The summed E-state index contributed by atoms with van der Waals surface area (Å²) in [4.78, 5) is 25.2. The van der Waals surface area contributed by atoms with Crippen molar-refractivity contribution in [2.45, 2.75) is 180 Å². The number of nitrogens with one attached hydrogen (secondary N) is 1. The molecule has 0 fully saturated rings. The van der Waals surface area contributed by atoms with Crippen LogP contribution in [0.4, 0.5) is 0 Å². The minimum absolute atomic E-state index is 0.0411. The van der Waals surface area contributed by atoms with Gasteiger partial charge in [0.05, 0.1) is 39.9 Å². The Morgan fingerprint density at radius 3 is 1.79 bits per heavy atom. The van der Waals surface area contributed by atoms with Gasteiger partial charge in [0.15, 0.2) is 0 Å². The molecule has 280 valence electrons. The second kappa shape index (κ2) is 30.1. The molecule has 0 spiro atoms. The standard InChI is InChI=1S/C37H75N2O7P/c1-6-8-10-12-14-16-18-20-21-23-25-27-29-35(40)37(42)34(33-46-47(43,44)45-32-31-39(3,4)5)38-36(41)30-28-26-24-22-19-17-15-13-11-9-7-2/h13,15,34-35,37,40,42H,6-12,14,16-33H2,1-5H3,(H-,38,41,43,44)/b15-13-. The highest BCUT2D eigenvalue weighted by Crippen LogP contribution is 2.38. The SMILES string of the molecule is CCCC/C=C\CCCCCCCC(=O)NC(COP(=O)([O-])OCC[N+](C)(C)C)C(O)C(O)CCCCCCCCCCCCCC. The van der Waals surface area contributed by atoms with Crippen molar-refractivity contribution in [1.29, 1.82) is 0 Å². The molecule has 0 rings (SSSR count). The molecule has 0 aromatic heterocycles. The van der Waals surface area contributed by atoms with E-state index < -0.39 is 32.7 Å². The summed E-state index contributed by atoms with van der Waals surface area (Å²) in [5.41, 5.74) is 0. The smallest absolute Gasteiger partial charge is 0.268 e. The Morgan fingerprint density at radius 1 is 0.745 bits per heavy atom. The summed E-state index contributed by atoms with van der Waals surface area (Å²) in [6.07, 6.45) is 26.7. The van der Waals surface area contributed by atoms with E-state index in [0.29, 0.717) is 23.9 Å². The Hall–Kier alpha value is -0.800. The molecular formula is C37H75N2O7P. The molecule has 4 atom stereocenters. The molecule has 0 aliphatic heterocycles. The zero-order valence-corrected chi connectivity index (χ0v) is 32.0. The highest BCUT2D eigenvalue weighted by Gasteiger charge is 2.29. The number of phosphoric ester groups is 1. The van der Waals surface area contributed by atoms with E-state index >= 15 is 0 Å². The van der Waals surface area contributed by atoms with Crippen LogP contribution in [-0.2, 0) is 18.4 Å². The fraction of sp³-hybridized carbons (Fsp3) is 0.919. The normalized spacial score (nSPS) is 15.5. The van der Waals surface area contributed by atoms with Crippen molar-refractivity contribution in [3.63, 3.8) is 0 Å². The Morgan fingerprint density at radius 2 is 1.23 bits per heavy atom. The number of nitrogens with zero attached hydrogens (tertiary/aromatic N) is 1. The summed E-state index contributed by atoms with van der Waals surface area (Å²) in [7, 11) is 1.12. The lowest BCUT2D eigenvalue weighted by atomic mass is 9.99. The van der Waals surface area contributed by atoms with Crippen LogP contribution in [0.25, 0.3) is 0 Å². The quantitative estimate of drug-likeness (QED) is 0.0270. The van der Waals surface area contributed by atoms with Gasteiger partial charge in [0.2, 0.25) is 5.91 Å². The molecule has 0 aliphatic rings. The van der Waals surface area contributed by atoms with Crippen molar-refractivity contribution in [2.24, 2.45) is 0 Å². The van der Waals surface area contributed by atoms with Crippen LogP contribution < -0.4 is 10.2 Å². The van der Waals surface area contributed by atoms with Crippen molar-refractivity contribution in [1.82, 2.24) is 5.32 Å². The largest absolute Gasteiger partial charge is 0.756 e. The number of carbonyl (C=O) groups excluding carboxylic acids is 1. The van der Waals surface area contributed by atoms with E-state index in [1.807, 2.05) is 21.1 Å². The number of hydrogen-bond acceptors (Lipinski definition) is 7. The van der Waals surface area contributed by atoms with Crippen LogP contribution in [0.3, 0.4) is 0 Å². The summed E-state index contributed by atoms with van der Waals surface area (Å²) < 4.78 is 23.0. The summed E-state index contributed by atoms with van der Waals surface area (Å²) >= 11 is 0. The number of quaternary nitrogens is 1. The molecule has 0 radical (unpaired) electrons. The predicted molar refractivity (Wildman–Crippen MR) is 193 cm³/mol. The number of unbranched alkanes of at least 4 members (excludes halogenated alkanes) is 18. The van der Waals surface area contributed by atoms with Crippen molar-refractivity contribution in [2.75, 3.05) is 40.9 Å². The lowest BCUT2D eigenvalue weighted by Crippen LogP contribution is -2.51. The topological polar surface area (TPSA) is 128 Å². The first-order valence-corrected chi connectivity index (χ1v) is 20.6. The monoisotopic (exact) mass is 691 g/mol. The molecule has 0 aliphatic carbocycles. The summed E-state index contributed by atoms with van der Waals surface area (Å²) in [6, 6.07) is -1.07. The van der Waals surface area contributed by atoms with Crippen molar-refractivity contribution < 1.29 is 38.0 Å². The minimum Gasteiger partial charge on any atom is -0.756 e. The van der Waals surface area contributed by atoms with Gasteiger partial charge in [0, 0.05) is 6.42 Å². The summed E-state index contributed by atoms with van der Waals surface area (Å²) in [6.45, 7) is 4.36. The molecule has 1 amide bonds. The molecule has 10 heteroatoms. The van der Waals surface area contributed by atoms with Crippen LogP contribution in [-0.4, -0.2) is 79.8 Å². The number of aliphatic hydroxyl groups is 2. The van der Waals surface area contributed by atoms with Crippen LogP contribution in [0.1, 0.15) is 162 Å². The summed E-state index contributed by atoms with van der Waals surface area (Å²) in [5, 5.41) is 24.4. The van der Waals surface area contributed by atoms with Crippen molar-refractivity contribution in [3.05, 3.63) is 12.2 Å². The highest BCUT2D eigenvalue weighted by molar-refractivity contribution is 7.45. The van der Waals surface area contributed by atoms with E-state index in [9.17, 15) is 24.5 Å². The Balaban J connectivity index is 4.64. The Labute approximate surface area is 289 Å². The molecule has 3 N–H and O–H groups in total. The molecule has 4 unspecified atom stereocenters. The van der Waals surface area contributed by atoms with Crippen molar-refractivity contribution in [3.8, 4) is 0 Å². The second-order valence-electron chi connectivity index (χ2n) is 14.4. The third-order valence-corrected chi connectivity index (χ3v) is 9.56. The second-order valence-corrected chi connectivity index (χ2v) is 15.8. The number of hydrogen-bond donors (Lipinski definition) is 3. The number of aliphatic hydroxyl groups excluding tert-OH is 2. The van der Waals surface area contributed by atoms with Crippen LogP contribution in [0, 0.1) is 0 Å². The van der Waals surface area contributed by atoms with Crippen LogP contribution in [0.15, 0.2) is 12.2 Å². The number of allylic oxidation sites excluding steroid dienone is 2. The number of phosphoric acid groups is 1. The zero-order chi connectivity index (χ0) is 35.2. The van der Waals surface area contributed by atoms with E-state index in [4.69, 9.17) is 9.05 Å². The van der Waals surface area contributed by atoms with Gasteiger partial charge < -0.3 is 34.0 Å². The van der Waals surface area contributed by atoms with Crippen LogP contribution >= 0.6 is 7.82 Å². The minimum atomic E-state index is -4.65.